The zero-order chi connectivity index (χ0) is 21.2. The molecule has 0 aromatic carbocycles. The second-order valence-electron chi connectivity index (χ2n) is 9.39. The Hall–Kier alpha value is -2.29. The third-order valence-electron chi connectivity index (χ3n) is 7.42. The molecule has 0 aliphatic carbocycles. The fraction of sp³-hybridized carbons (Fsp3) is 0.682. The number of aryl methyl sites for hydroxylation is 1. The molecule has 31 heavy (non-hydrogen) atoms. The Kier molecular flexibility index (Phi) is 4.45. The molecule has 0 saturated carbocycles. The number of pyridine rings is 1. The summed E-state index contributed by atoms with van der Waals surface area (Å²) in [7, 11) is 0. The Labute approximate surface area is 179 Å². The Bertz CT molecular complexity index is 1040. The molecular weight excluding hydrogens is 404 g/mol. The van der Waals surface area contributed by atoms with Crippen molar-refractivity contribution in [1.29, 1.82) is 0 Å². The second kappa shape index (κ2) is 7.12. The molecule has 0 amide bonds. The summed E-state index contributed by atoms with van der Waals surface area (Å²) in [5.41, 5.74) is 0.124. The number of hydrogen-bond acceptors (Lipinski definition) is 7. The average molecular weight is 431 g/mol. The van der Waals surface area contributed by atoms with E-state index in [4.69, 9.17) is 14.5 Å². The molecular formula is C22H27F2N5O2. The van der Waals surface area contributed by atoms with Gasteiger partial charge >= 0.3 is 6.01 Å². The number of hydrogen-bond donors (Lipinski definition) is 0. The van der Waals surface area contributed by atoms with Crippen LogP contribution in [0.25, 0.3) is 10.9 Å². The van der Waals surface area contributed by atoms with Gasteiger partial charge in [-0.2, -0.15) is 9.97 Å². The summed E-state index contributed by atoms with van der Waals surface area (Å²) < 4.78 is 41.3. The van der Waals surface area contributed by atoms with E-state index in [1.807, 2.05) is 0 Å². The topological polar surface area (TPSA) is 63.6 Å². The highest BCUT2D eigenvalue weighted by Gasteiger charge is 2.49. The lowest BCUT2D eigenvalue weighted by atomic mass is 9.95. The minimum absolute atomic E-state index is 0.146. The number of anilines is 1. The van der Waals surface area contributed by atoms with Gasteiger partial charge in [-0.15, -0.1) is 0 Å². The van der Waals surface area contributed by atoms with E-state index in [1.165, 1.54) is 0 Å². The lowest BCUT2D eigenvalue weighted by Gasteiger charge is -2.35. The quantitative estimate of drug-likeness (QED) is 0.740. The van der Waals surface area contributed by atoms with Crippen LogP contribution in [0.2, 0.25) is 0 Å². The summed E-state index contributed by atoms with van der Waals surface area (Å²) in [6.45, 7) is 4.61. The minimum atomic E-state index is -0.828. The maximum Gasteiger partial charge on any atom is 0.319 e. The highest BCUT2D eigenvalue weighted by Crippen LogP contribution is 2.42. The Balaban J connectivity index is 1.41. The first-order valence-electron chi connectivity index (χ1n) is 11.3. The summed E-state index contributed by atoms with van der Waals surface area (Å²) in [6.07, 6.45) is 4.75. The van der Waals surface area contributed by atoms with Crippen molar-refractivity contribution in [2.24, 2.45) is 0 Å². The molecule has 6 rings (SSSR count). The summed E-state index contributed by atoms with van der Waals surface area (Å²) in [5, 5.41) is 0.519. The van der Waals surface area contributed by atoms with E-state index in [1.54, 1.807) is 6.92 Å². The van der Waals surface area contributed by atoms with Gasteiger partial charge in [0.15, 0.2) is 5.82 Å². The zero-order valence-electron chi connectivity index (χ0n) is 17.7. The van der Waals surface area contributed by atoms with Crippen molar-refractivity contribution in [2.45, 2.75) is 63.2 Å². The van der Waals surface area contributed by atoms with Crippen LogP contribution in [0.4, 0.5) is 14.6 Å². The van der Waals surface area contributed by atoms with Crippen LogP contribution in [0.3, 0.4) is 0 Å². The molecule has 6 heterocycles. The Morgan fingerprint density at radius 2 is 2.10 bits per heavy atom. The second-order valence-corrected chi connectivity index (χ2v) is 9.39. The molecule has 3 atom stereocenters. The fourth-order valence-electron chi connectivity index (χ4n) is 5.87. The lowest BCUT2D eigenvalue weighted by molar-refractivity contribution is 0.107. The van der Waals surface area contributed by atoms with Gasteiger partial charge in [-0.1, -0.05) is 0 Å². The van der Waals surface area contributed by atoms with Gasteiger partial charge in [0.25, 0.3) is 0 Å². The Morgan fingerprint density at radius 1 is 1.19 bits per heavy atom. The monoisotopic (exact) mass is 431 g/mol. The number of nitrogens with zero attached hydrogens (tertiary/aromatic N) is 5. The summed E-state index contributed by atoms with van der Waals surface area (Å²) >= 11 is 0. The van der Waals surface area contributed by atoms with Gasteiger partial charge in [0.1, 0.15) is 36.1 Å². The molecule has 3 fully saturated rings. The molecule has 3 saturated heterocycles. The van der Waals surface area contributed by atoms with Crippen LogP contribution in [0.15, 0.2) is 0 Å². The third kappa shape index (κ3) is 3.03. The number of ether oxygens (including phenoxy) is 2. The van der Waals surface area contributed by atoms with E-state index in [-0.39, 0.29) is 28.8 Å². The predicted octanol–water partition coefficient (Wildman–Crippen LogP) is 3.18. The van der Waals surface area contributed by atoms with Crippen LogP contribution in [0.5, 0.6) is 11.9 Å². The number of rotatable bonds is 3. The average Bonchev–Trinajstić information content (AvgIpc) is 3.24. The normalized spacial score (nSPS) is 30.1. The van der Waals surface area contributed by atoms with Crippen molar-refractivity contribution in [1.82, 2.24) is 19.9 Å². The number of aromatic nitrogens is 3. The number of alkyl halides is 1. The van der Waals surface area contributed by atoms with Gasteiger partial charge in [0, 0.05) is 19.5 Å². The van der Waals surface area contributed by atoms with E-state index in [0.29, 0.717) is 43.3 Å². The van der Waals surface area contributed by atoms with Gasteiger partial charge in [0.05, 0.1) is 17.3 Å². The van der Waals surface area contributed by atoms with Crippen molar-refractivity contribution < 1.29 is 18.3 Å². The fourth-order valence-corrected chi connectivity index (χ4v) is 5.87. The predicted molar refractivity (Wildman–Crippen MR) is 111 cm³/mol. The molecule has 2 aromatic rings. The maximum atomic E-state index is 15.1. The van der Waals surface area contributed by atoms with Crippen molar-refractivity contribution in [2.75, 3.05) is 37.7 Å². The minimum Gasteiger partial charge on any atom is -0.475 e. The Morgan fingerprint density at radius 3 is 3.00 bits per heavy atom. The molecule has 4 aliphatic rings. The van der Waals surface area contributed by atoms with Gasteiger partial charge < -0.3 is 14.4 Å². The van der Waals surface area contributed by atoms with Gasteiger partial charge in [-0.25, -0.2) is 13.8 Å². The zero-order valence-corrected chi connectivity index (χ0v) is 17.7. The van der Waals surface area contributed by atoms with Gasteiger partial charge in [-0.05, 0) is 45.6 Å². The SMILES string of the molecule is Cc1nc2c3c(nc(OC[C@@]45CCCN4CC(F)C5)nc3c1F)N1CCCC[C@H]1CO2. The highest BCUT2D eigenvalue weighted by atomic mass is 19.1. The van der Waals surface area contributed by atoms with Crippen molar-refractivity contribution in [3.05, 3.63) is 11.5 Å². The number of fused-ring (bicyclic) bond motifs is 3. The van der Waals surface area contributed by atoms with Crippen molar-refractivity contribution >= 4 is 16.7 Å². The van der Waals surface area contributed by atoms with Gasteiger partial charge in [-0.3, -0.25) is 4.90 Å². The first-order chi connectivity index (χ1) is 15.0. The van der Waals surface area contributed by atoms with Crippen LogP contribution in [-0.4, -0.2) is 70.5 Å². The summed E-state index contributed by atoms with van der Waals surface area (Å²) in [4.78, 5) is 17.9. The molecule has 7 nitrogen and oxygen atoms in total. The van der Waals surface area contributed by atoms with Crippen LogP contribution in [-0.2, 0) is 0 Å². The van der Waals surface area contributed by atoms with E-state index >= 15 is 4.39 Å². The van der Waals surface area contributed by atoms with E-state index < -0.39 is 12.0 Å². The van der Waals surface area contributed by atoms with Crippen molar-refractivity contribution in [3.63, 3.8) is 0 Å². The van der Waals surface area contributed by atoms with Crippen LogP contribution in [0, 0.1) is 12.7 Å². The molecule has 0 bridgehead atoms. The molecule has 4 aliphatic heterocycles. The first-order valence-corrected chi connectivity index (χ1v) is 11.3. The smallest absolute Gasteiger partial charge is 0.319 e. The molecule has 166 valence electrons. The lowest BCUT2D eigenvalue weighted by Crippen LogP contribution is -2.44. The van der Waals surface area contributed by atoms with E-state index in [9.17, 15) is 4.39 Å². The highest BCUT2D eigenvalue weighted by molar-refractivity contribution is 5.95. The van der Waals surface area contributed by atoms with Crippen LogP contribution >= 0.6 is 0 Å². The third-order valence-corrected chi connectivity index (χ3v) is 7.42. The van der Waals surface area contributed by atoms with Crippen molar-refractivity contribution in [3.8, 4) is 11.9 Å². The standard InChI is InChI=1S/C22H27F2N5O2/c1-13-17(24)18-16-19(29-8-3-2-5-15(29)11-30-20(16)25-13)27-21(26-18)31-12-22-6-4-7-28(22)10-14(23)9-22/h14-15H,2-12H2,1H3/t14?,15-,22-/m0/s1. The first kappa shape index (κ1) is 19.4. The number of halogens is 2. The molecule has 0 N–H and O–H groups in total. The number of piperidine rings is 1. The largest absolute Gasteiger partial charge is 0.475 e. The molecule has 0 radical (unpaired) electrons. The molecule has 2 aromatic heterocycles. The van der Waals surface area contributed by atoms with E-state index in [0.717, 1.165) is 45.2 Å². The van der Waals surface area contributed by atoms with Crippen LogP contribution in [0.1, 0.15) is 44.2 Å². The summed E-state index contributed by atoms with van der Waals surface area (Å²) in [5.74, 6) is 0.553. The van der Waals surface area contributed by atoms with E-state index in [2.05, 4.69) is 19.8 Å². The summed E-state index contributed by atoms with van der Waals surface area (Å²) in [6, 6.07) is 0.316. The van der Waals surface area contributed by atoms with Gasteiger partial charge in [0.2, 0.25) is 5.88 Å². The molecule has 1 unspecified atom stereocenters. The van der Waals surface area contributed by atoms with Crippen LogP contribution < -0.4 is 14.4 Å². The molecule has 0 spiro atoms. The molecule has 9 heteroatoms. The maximum absolute atomic E-state index is 15.1.